The third-order valence-electron chi connectivity index (χ3n) is 8.07. The molecule has 0 bridgehead atoms. The highest BCUT2D eigenvalue weighted by Gasteiger charge is 2.40. The van der Waals surface area contributed by atoms with E-state index in [1.54, 1.807) is 0 Å². The van der Waals surface area contributed by atoms with Crippen LogP contribution in [0.4, 0.5) is 5.69 Å². The van der Waals surface area contributed by atoms with Crippen molar-refractivity contribution in [3.05, 3.63) is 65.7 Å². The Morgan fingerprint density at radius 2 is 1.69 bits per heavy atom. The molecule has 3 atom stereocenters. The summed E-state index contributed by atoms with van der Waals surface area (Å²) < 4.78 is 0. The van der Waals surface area contributed by atoms with Gasteiger partial charge in [0, 0.05) is 24.2 Å². The zero-order chi connectivity index (χ0) is 21.8. The molecule has 0 spiro atoms. The van der Waals surface area contributed by atoms with Crippen molar-refractivity contribution in [3.63, 3.8) is 0 Å². The van der Waals surface area contributed by atoms with E-state index in [0.717, 1.165) is 45.2 Å². The van der Waals surface area contributed by atoms with Gasteiger partial charge in [0.05, 0.1) is 6.04 Å². The minimum absolute atomic E-state index is 0.0185. The van der Waals surface area contributed by atoms with E-state index in [1.807, 2.05) is 0 Å². The number of nitrogens with zero attached hydrogens (tertiary/aromatic N) is 1. The number of hydrogen-bond acceptors (Lipinski definition) is 3. The van der Waals surface area contributed by atoms with Crippen LogP contribution in [0.3, 0.4) is 0 Å². The van der Waals surface area contributed by atoms with E-state index in [1.165, 1.54) is 48.9 Å². The summed E-state index contributed by atoms with van der Waals surface area (Å²) >= 11 is 0. The average molecular weight is 431 g/mol. The van der Waals surface area contributed by atoms with Gasteiger partial charge in [0.15, 0.2) is 5.78 Å². The second-order valence-electron chi connectivity index (χ2n) is 10.3. The van der Waals surface area contributed by atoms with Gasteiger partial charge in [0.1, 0.15) is 0 Å². The molecular weight excluding hydrogens is 392 g/mol. The van der Waals surface area contributed by atoms with Crippen molar-refractivity contribution >= 4 is 11.5 Å². The van der Waals surface area contributed by atoms with Gasteiger partial charge < -0.3 is 5.32 Å². The number of nitrogens with one attached hydrogen (secondary N) is 1. The maximum Gasteiger partial charge on any atom is 0.155 e. The Bertz CT molecular complexity index is 889. The summed E-state index contributed by atoms with van der Waals surface area (Å²) in [6, 6.07) is 19.8. The third kappa shape index (κ3) is 4.93. The molecule has 2 heterocycles. The number of fused-ring (bicyclic) bond motifs is 1. The standard InChI is InChI=1S/C29H38N2O/c32-29(25-14-5-2-6-15-25)28(27-18-17-24-13-7-8-16-26(24)30-27)31-19-9-12-23(21-31)20-22-10-3-1-4-11-22/h1,3-4,7-8,10-11,13,16,23,25,27-28,30H,2,5-6,9,12,14-15,17-21H2. The van der Waals surface area contributed by atoms with E-state index in [0.29, 0.717) is 11.7 Å². The van der Waals surface area contributed by atoms with Crippen molar-refractivity contribution in [2.24, 2.45) is 11.8 Å². The highest BCUT2D eigenvalue weighted by molar-refractivity contribution is 5.88. The van der Waals surface area contributed by atoms with Crippen LogP contribution in [0.15, 0.2) is 54.6 Å². The third-order valence-corrected chi connectivity index (χ3v) is 8.07. The predicted molar refractivity (Wildman–Crippen MR) is 132 cm³/mol. The van der Waals surface area contributed by atoms with Crippen molar-refractivity contribution in [1.29, 1.82) is 0 Å². The van der Waals surface area contributed by atoms with Gasteiger partial charge in [-0.3, -0.25) is 9.69 Å². The first-order valence-electron chi connectivity index (χ1n) is 12.9. The summed E-state index contributed by atoms with van der Waals surface area (Å²) in [5.41, 5.74) is 4.07. The van der Waals surface area contributed by atoms with Gasteiger partial charge in [-0.1, -0.05) is 67.8 Å². The number of anilines is 1. The molecule has 3 aliphatic rings. The molecule has 3 nitrogen and oxygen atoms in total. The largest absolute Gasteiger partial charge is 0.380 e. The predicted octanol–water partition coefficient (Wildman–Crippen LogP) is 5.89. The fourth-order valence-corrected chi connectivity index (χ4v) is 6.42. The first-order valence-corrected chi connectivity index (χ1v) is 12.9. The van der Waals surface area contributed by atoms with Gasteiger partial charge in [-0.05, 0) is 74.6 Å². The Morgan fingerprint density at radius 1 is 0.906 bits per heavy atom. The summed E-state index contributed by atoms with van der Waals surface area (Å²) in [5, 5.41) is 3.82. The molecule has 3 unspecified atom stereocenters. The number of carbonyl (C=O) groups excluding carboxylic acids is 1. The maximum atomic E-state index is 14.0. The molecule has 3 heteroatoms. The number of hydrogen-bond donors (Lipinski definition) is 1. The highest BCUT2D eigenvalue weighted by atomic mass is 16.1. The number of carbonyl (C=O) groups is 1. The van der Waals surface area contributed by atoms with E-state index in [4.69, 9.17) is 0 Å². The van der Waals surface area contributed by atoms with E-state index in [9.17, 15) is 4.79 Å². The smallest absolute Gasteiger partial charge is 0.155 e. The molecule has 2 aromatic rings. The Balaban J connectivity index is 1.36. The molecular formula is C29H38N2O. The highest BCUT2D eigenvalue weighted by Crippen LogP contribution is 2.34. The first-order chi connectivity index (χ1) is 15.8. The molecule has 0 radical (unpaired) electrons. The normalized spacial score (nSPS) is 25.5. The lowest BCUT2D eigenvalue weighted by molar-refractivity contribution is -0.130. The lowest BCUT2D eigenvalue weighted by atomic mass is 9.79. The summed E-state index contributed by atoms with van der Waals surface area (Å²) in [6.07, 6.45) is 11.7. The maximum absolute atomic E-state index is 14.0. The van der Waals surface area contributed by atoms with Crippen molar-refractivity contribution in [2.75, 3.05) is 18.4 Å². The SMILES string of the molecule is O=C(C1CCCCC1)C(C1CCc2ccccc2N1)N1CCCC(Cc2ccccc2)C1. The zero-order valence-electron chi connectivity index (χ0n) is 19.3. The number of benzene rings is 2. The van der Waals surface area contributed by atoms with E-state index in [2.05, 4.69) is 64.8 Å². The van der Waals surface area contributed by atoms with Crippen molar-refractivity contribution in [3.8, 4) is 0 Å². The number of aryl methyl sites for hydroxylation is 1. The van der Waals surface area contributed by atoms with Gasteiger partial charge in [0.2, 0.25) is 0 Å². The number of ketones is 1. The minimum Gasteiger partial charge on any atom is -0.380 e. The van der Waals surface area contributed by atoms with Crippen LogP contribution in [0, 0.1) is 11.8 Å². The van der Waals surface area contributed by atoms with Crippen LogP contribution in [0.5, 0.6) is 0 Å². The van der Waals surface area contributed by atoms with Crippen molar-refractivity contribution in [2.45, 2.75) is 76.3 Å². The molecule has 5 rings (SSSR count). The molecule has 0 amide bonds. The fourth-order valence-electron chi connectivity index (χ4n) is 6.42. The quantitative estimate of drug-likeness (QED) is 0.620. The van der Waals surface area contributed by atoms with Crippen LogP contribution in [0.1, 0.15) is 62.5 Å². The molecule has 1 saturated carbocycles. The second kappa shape index (κ2) is 10.2. The number of Topliss-reactive ketones (excluding diaryl/α,β-unsaturated/α-hetero) is 1. The number of para-hydroxylation sites is 1. The first kappa shape index (κ1) is 21.7. The Hall–Kier alpha value is -2.13. The Kier molecular flexibility index (Phi) is 6.92. The van der Waals surface area contributed by atoms with Gasteiger partial charge in [-0.25, -0.2) is 0 Å². The van der Waals surface area contributed by atoms with Gasteiger partial charge in [-0.2, -0.15) is 0 Å². The van der Waals surface area contributed by atoms with Crippen LogP contribution < -0.4 is 5.32 Å². The minimum atomic E-state index is 0.0185. The molecule has 1 saturated heterocycles. The number of likely N-dealkylation sites (tertiary alicyclic amines) is 1. The van der Waals surface area contributed by atoms with Crippen LogP contribution >= 0.6 is 0 Å². The topological polar surface area (TPSA) is 32.3 Å². The number of piperidine rings is 1. The zero-order valence-corrected chi connectivity index (χ0v) is 19.3. The molecule has 2 aliphatic heterocycles. The molecule has 1 N–H and O–H groups in total. The van der Waals surface area contributed by atoms with E-state index < -0.39 is 0 Å². The Labute approximate surface area is 193 Å². The van der Waals surface area contributed by atoms with Gasteiger partial charge >= 0.3 is 0 Å². The molecule has 2 aromatic carbocycles. The summed E-state index contributed by atoms with van der Waals surface area (Å²) in [7, 11) is 0. The molecule has 32 heavy (non-hydrogen) atoms. The molecule has 170 valence electrons. The molecule has 1 aliphatic carbocycles. The van der Waals surface area contributed by atoms with Crippen LogP contribution in [0.25, 0.3) is 0 Å². The van der Waals surface area contributed by atoms with Crippen molar-refractivity contribution < 1.29 is 4.79 Å². The van der Waals surface area contributed by atoms with Crippen LogP contribution in [-0.4, -0.2) is 35.9 Å². The summed E-state index contributed by atoms with van der Waals surface area (Å²) in [6.45, 7) is 2.12. The lowest BCUT2D eigenvalue weighted by Crippen LogP contribution is -2.57. The van der Waals surface area contributed by atoms with Gasteiger partial charge in [-0.15, -0.1) is 0 Å². The van der Waals surface area contributed by atoms with Crippen LogP contribution in [-0.2, 0) is 17.6 Å². The fraction of sp³-hybridized carbons (Fsp3) is 0.552. The molecule has 0 aromatic heterocycles. The Morgan fingerprint density at radius 3 is 2.53 bits per heavy atom. The summed E-state index contributed by atoms with van der Waals surface area (Å²) in [5.74, 6) is 1.44. The molecule has 2 fully saturated rings. The number of rotatable bonds is 6. The lowest BCUT2D eigenvalue weighted by Gasteiger charge is -2.44. The van der Waals surface area contributed by atoms with Crippen molar-refractivity contribution in [1.82, 2.24) is 4.90 Å². The van der Waals surface area contributed by atoms with Crippen LogP contribution in [0.2, 0.25) is 0 Å². The summed E-state index contributed by atoms with van der Waals surface area (Å²) in [4.78, 5) is 16.6. The average Bonchev–Trinajstić information content (AvgIpc) is 2.85. The van der Waals surface area contributed by atoms with E-state index >= 15 is 0 Å². The van der Waals surface area contributed by atoms with E-state index in [-0.39, 0.29) is 18.0 Å². The second-order valence-corrected chi connectivity index (χ2v) is 10.3. The monoisotopic (exact) mass is 430 g/mol. The van der Waals surface area contributed by atoms with Gasteiger partial charge in [0.25, 0.3) is 0 Å².